The number of methoxy groups -OCH3 is 1. The number of esters is 1. The van der Waals surface area contributed by atoms with Gasteiger partial charge in [-0.1, -0.05) is 26.0 Å². The number of hydrogen-bond donors (Lipinski definition) is 2. The van der Waals surface area contributed by atoms with Gasteiger partial charge in [0.25, 0.3) is 5.91 Å². The van der Waals surface area contributed by atoms with E-state index in [4.69, 9.17) is 0 Å². The maximum absolute atomic E-state index is 12.3. The molecule has 0 spiro atoms. The van der Waals surface area contributed by atoms with E-state index in [0.29, 0.717) is 0 Å². The summed E-state index contributed by atoms with van der Waals surface area (Å²) in [5.74, 6) is -1.29. The van der Waals surface area contributed by atoms with Crippen LogP contribution in [0.3, 0.4) is 0 Å². The third-order valence-corrected chi connectivity index (χ3v) is 3.47. The van der Waals surface area contributed by atoms with E-state index in [2.05, 4.69) is 14.8 Å². The van der Waals surface area contributed by atoms with E-state index in [9.17, 15) is 18.0 Å². The Bertz CT molecular complexity index is 655. The van der Waals surface area contributed by atoms with Crippen LogP contribution in [-0.2, 0) is 19.6 Å². The Kier molecular flexibility index (Phi) is 5.92. The summed E-state index contributed by atoms with van der Waals surface area (Å²) < 4.78 is 29.6. The number of amides is 1. The van der Waals surface area contributed by atoms with Gasteiger partial charge in [0.15, 0.2) is 0 Å². The summed E-state index contributed by atoms with van der Waals surface area (Å²) in [5.41, 5.74) is 0.275. The highest BCUT2D eigenvalue weighted by Gasteiger charge is 2.26. The molecule has 1 aromatic carbocycles. The van der Waals surface area contributed by atoms with Crippen LogP contribution in [0.25, 0.3) is 0 Å². The number of nitrogens with one attached hydrogen (secondary N) is 2. The molecule has 1 amide bonds. The zero-order valence-electron chi connectivity index (χ0n) is 12.9. The molecular weight excluding hydrogens is 308 g/mol. The molecule has 1 rings (SSSR count). The van der Waals surface area contributed by atoms with E-state index in [1.54, 1.807) is 26.0 Å². The molecule has 1 aromatic rings. The number of rotatable bonds is 6. The predicted octanol–water partition coefficient (Wildman–Crippen LogP) is 0.985. The van der Waals surface area contributed by atoms with Crippen molar-refractivity contribution in [2.45, 2.75) is 19.9 Å². The number of ether oxygens (including phenoxy) is 1. The number of anilines is 1. The van der Waals surface area contributed by atoms with Gasteiger partial charge in [-0.15, -0.1) is 0 Å². The predicted molar refractivity (Wildman–Crippen MR) is 83.0 cm³/mol. The molecule has 0 aliphatic heterocycles. The number of hydrogen-bond acceptors (Lipinski definition) is 5. The first-order chi connectivity index (χ1) is 10.2. The van der Waals surface area contributed by atoms with Crippen molar-refractivity contribution in [1.29, 1.82) is 0 Å². The van der Waals surface area contributed by atoms with Crippen LogP contribution in [0.2, 0.25) is 0 Å². The second kappa shape index (κ2) is 7.26. The van der Waals surface area contributed by atoms with Crippen LogP contribution in [0.1, 0.15) is 24.2 Å². The van der Waals surface area contributed by atoms with Gasteiger partial charge in [0.1, 0.15) is 6.04 Å². The van der Waals surface area contributed by atoms with Gasteiger partial charge in [0, 0.05) is 0 Å². The van der Waals surface area contributed by atoms with Crippen LogP contribution < -0.4 is 10.0 Å². The van der Waals surface area contributed by atoms with E-state index in [1.807, 2.05) is 0 Å². The summed E-state index contributed by atoms with van der Waals surface area (Å²) in [7, 11) is -2.28. The number of para-hydroxylation sites is 1. The first-order valence-corrected chi connectivity index (χ1v) is 8.50. The molecule has 122 valence electrons. The normalized spacial score (nSPS) is 12.6. The highest BCUT2D eigenvalue weighted by Crippen LogP contribution is 2.17. The summed E-state index contributed by atoms with van der Waals surface area (Å²) in [6, 6.07) is 5.33. The van der Waals surface area contributed by atoms with Crippen LogP contribution in [0.4, 0.5) is 5.69 Å². The second-order valence-corrected chi connectivity index (χ2v) is 6.89. The zero-order chi connectivity index (χ0) is 16.9. The van der Waals surface area contributed by atoms with Gasteiger partial charge < -0.3 is 10.1 Å². The Balaban J connectivity index is 3.05. The molecule has 0 fully saturated rings. The van der Waals surface area contributed by atoms with Gasteiger partial charge in [0.05, 0.1) is 24.6 Å². The van der Waals surface area contributed by atoms with Crippen LogP contribution in [0.5, 0.6) is 0 Å². The first-order valence-electron chi connectivity index (χ1n) is 6.61. The average molecular weight is 328 g/mol. The molecule has 0 radical (unpaired) electrons. The molecule has 8 heteroatoms. The maximum Gasteiger partial charge on any atom is 0.328 e. The van der Waals surface area contributed by atoms with Crippen molar-refractivity contribution in [3.05, 3.63) is 29.8 Å². The van der Waals surface area contributed by atoms with Crippen molar-refractivity contribution >= 4 is 27.6 Å². The van der Waals surface area contributed by atoms with Crippen LogP contribution >= 0.6 is 0 Å². The van der Waals surface area contributed by atoms with Crippen LogP contribution in [-0.4, -0.2) is 39.7 Å². The van der Waals surface area contributed by atoms with Gasteiger partial charge in [-0.05, 0) is 18.1 Å². The van der Waals surface area contributed by atoms with E-state index in [1.165, 1.54) is 19.2 Å². The maximum atomic E-state index is 12.3. The lowest BCUT2D eigenvalue weighted by Crippen LogP contribution is -2.45. The van der Waals surface area contributed by atoms with E-state index >= 15 is 0 Å². The number of benzene rings is 1. The topological polar surface area (TPSA) is 102 Å². The molecule has 2 N–H and O–H groups in total. The molecule has 0 saturated carbocycles. The third-order valence-electron chi connectivity index (χ3n) is 2.88. The first kappa shape index (κ1) is 18.0. The smallest absolute Gasteiger partial charge is 0.328 e. The standard InChI is InChI=1S/C14H20N2O5S/c1-9(2)12(14(18)21-3)15-13(17)10-7-5-6-8-11(10)16-22(4,19)20/h5-9,12,16H,1-4H3,(H,15,17)/t12-/m0/s1. The fourth-order valence-corrected chi connectivity index (χ4v) is 2.39. The molecule has 0 aromatic heterocycles. The third kappa shape index (κ3) is 5.03. The van der Waals surface area contributed by atoms with Gasteiger partial charge >= 0.3 is 5.97 Å². The van der Waals surface area contributed by atoms with Gasteiger partial charge in [-0.25, -0.2) is 13.2 Å². The minimum atomic E-state index is -3.52. The van der Waals surface area contributed by atoms with Gasteiger partial charge in [-0.2, -0.15) is 0 Å². The van der Waals surface area contributed by atoms with E-state index in [-0.39, 0.29) is 17.2 Å². The Morgan fingerprint density at radius 1 is 1.18 bits per heavy atom. The average Bonchev–Trinajstić information content (AvgIpc) is 2.42. The van der Waals surface area contributed by atoms with Gasteiger partial charge in [0.2, 0.25) is 10.0 Å². The SMILES string of the molecule is COC(=O)[C@@H](NC(=O)c1ccccc1NS(C)(=O)=O)C(C)C. The van der Waals surface area contributed by atoms with E-state index in [0.717, 1.165) is 6.26 Å². The summed E-state index contributed by atoms with van der Waals surface area (Å²) >= 11 is 0. The highest BCUT2D eigenvalue weighted by atomic mass is 32.2. The molecule has 0 unspecified atom stereocenters. The summed E-state index contributed by atoms with van der Waals surface area (Å²) in [4.78, 5) is 24.0. The van der Waals surface area contributed by atoms with Crippen molar-refractivity contribution in [3.63, 3.8) is 0 Å². The van der Waals surface area contributed by atoms with Crippen molar-refractivity contribution < 1.29 is 22.7 Å². The Hall–Kier alpha value is -2.09. The lowest BCUT2D eigenvalue weighted by Gasteiger charge is -2.20. The lowest BCUT2D eigenvalue weighted by molar-refractivity contribution is -0.144. The second-order valence-electron chi connectivity index (χ2n) is 5.14. The van der Waals surface area contributed by atoms with E-state index < -0.39 is 27.9 Å². The van der Waals surface area contributed by atoms with Crippen molar-refractivity contribution in [3.8, 4) is 0 Å². The van der Waals surface area contributed by atoms with Crippen molar-refractivity contribution in [1.82, 2.24) is 5.32 Å². The molecule has 0 aliphatic carbocycles. The Morgan fingerprint density at radius 2 is 1.77 bits per heavy atom. The Labute approximate surface area is 130 Å². The summed E-state index contributed by atoms with van der Waals surface area (Å²) in [6.45, 7) is 3.53. The highest BCUT2D eigenvalue weighted by molar-refractivity contribution is 7.92. The van der Waals surface area contributed by atoms with Crippen molar-refractivity contribution in [2.24, 2.45) is 5.92 Å². The molecule has 0 aliphatic rings. The molecule has 7 nitrogen and oxygen atoms in total. The fourth-order valence-electron chi connectivity index (χ4n) is 1.81. The molecular formula is C14H20N2O5S. The van der Waals surface area contributed by atoms with Gasteiger partial charge in [-0.3, -0.25) is 9.52 Å². The number of sulfonamides is 1. The summed E-state index contributed by atoms with van der Waals surface area (Å²) in [6.07, 6.45) is 0.993. The monoisotopic (exact) mass is 328 g/mol. The molecule has 1 atom stereocenters. The number of carbonyl (C=O) groups is 2. The zero-order valence-corrected chi connectivity index (χ0v) is 13.7. The van der Waals surface area contributed by atoms with Crippen molar-refractivity contribution in [2.75, 3.05) is 18.1 Å². The molecule has 0 heterocycles. The summed E-state index contributed by atoms with van der Waals surface area (Å²) in [5, 5.41) is 2.56. The van der Waals surface area contributed by atoms with Crippen LogP contribution in [0, 0.1) is 5.92 Å². The quantitative estimate of drug-likeness (QED) is 0.758. The fraction of sp³-hybridized carbons (Fsp3) is 0.429. The minimum Gasteiger partial charge on any atom is -0.467 e. The molecule has 0 saturated heterocycles. The molecule has 0 bridgehead atoms. The number of carbonyl (C=O) groups excluding carboxylic acids is 2. The minimum absolute atomic E-state index is 0.127. The van der Waals surface area contributed by atoms with Crippen LogP contribution in [0.15, 0.2) is 24.3 Å². The molecule has 22 heavy (non-hydrogen) atoms. The largest absolute Gasteiger partial charge is 0.467 e. The lowest BCUT2D eigenvalue weighted by atomic mass is 10.0. The Morgan fingerprint density at radius 3 is 2.27 bits per heavy atom.